The molecule has 1 aromatic rings. The molecule has 90 valence electrons. The van der Waals surface area contributed by atoms with Crippen LogP contribution in [0.4, 0.5) is 0 Å². The first-order valence-corrected chi connectivity index (χ1v) is 6.32. The molecule has 1 aliphatic rings. The third kappa shape index (κ3) is 2.82. The number of hydrogen-bond donors (Lipinski definition) is 1. The number of rotatable bonds is 3. The molecule has 0 radical (unpaired) electrons. The average molecular weight is 222 g/mol. The zero-order valence-electron chi connectivity index (χ0n) is 10.3. The zero-order valence-corrected chi connectivity index (χ0v) is 10.3. The monoisotopic (exact) mass is 222 g/mol. The molecule has 2 atom stereocenters. The predicted molar refractivity (Wildman–Crippen MR) is 64.1 cm³/mol. The highest BCUT2D eigenvalue weighted by Gasteiger charge is 2.23. The van der Waals surface area contributed by atoms with Crippen LogP contribution in [0.15, 0.2) is 6.20 Å². The van der Waals surface area contributed by atoms with Crippen molar-refractivity contribution in [3.63, 3.8) is 0 Å². The first-order chi connectivity index (χ1) is 7.79. The Labute approximate surface area is 97.4 Å². The summed E-state index contributed by atoms with van der Waals surface area (Å²) in [6.45, 7) is 0. The molecule has 0 amide bonds. The lowest BCUT2D eigenvalue weighted by Crippen LogP contribution is -2.33. The van der Waals surface area contributed by atoms with Crippen molar-refractivity contribution in [1.29, 1.82) is 0 Å². The van der Waals surface area contributed by atoms with E-state index in [0.29, 0.717) is 6.04 Å². The second kappa shape index (κ2) is 5.43. The molecule has 0 aliphatic heterocycles. The van der Waals surface area contributed by atoms with Gasteiger partial charge in [-0.2, -0.15) is 0 Å². The Bertz CT molecular complexity index is 321. The zero-order chi connectivity index (χ0) is 11.4. The van der Waals surface area contributed by atoms with Crippen LogP contribution in [0.3, 0.4) is 0 Å². The maximum atomic E-state index is 4.19. The van der Waals surface area contributed by atoms with E-state index in [9.17, 15) is 0 Å². The van der Waals surface area contributed by atoms with Gasteiger partial charge in [0.15, 0.2) is 0 Å². The van der Waals surface area contributed by atoms with E-state index in [-0.39, 0.29) is 0 Å². The van der Waals surface area contributed by atoms with E-state index in [2.05, 4.69) is 22.7 Å². The Morgan fingerprint density at radius 3 is 2.88 bits per heavy atom. The molecular formula is C12H22N4. The van der Waals surface area contributed by atoms with E-state index in [1.807, 2.05) is 13.2 Å². The molecule has 16 heavy (non-hydrogen) atoms. The van der Waals surface area contributed by atoms with Gasteiger partial charge in [-0.3, -0.25) is 4.68 Å². The Hall–Kier alpha value is -0.900. The van der Waals surface area contributed by atoms with Gasteiger partial charge in [0.1, 0.15) is 0 Å². The minimum Gasteiger partial charge on any atom is -0.317 e. The second-order valence-corrected chi connectivity index (χ2v) is 4.88. The molecule has 4 heteroatoms. The van der Waals surface area contributed by atoms with E-state index in [1.165, 1.54) is 32.1 Å². The number of aromatic nitrogens is 3. The molecule has 1 aromatic heterocycles. The fourth-order valence-electron chi connectivity index (χ4n) is 2.77. The molecule has 1 aliphatic carbocycles. The number of nitrogens with zero attached hydrogens (tertiary/aromatic N) is 3. The second-order valence-electron chi connectivity index (χ2n) is 4.88. The fraction of sp³-hybridized carbons (Fsp3) is 0.833. The highest BCUT2D eigenvalue weighted by Crippen LogP contribution is 2.25. The van der Waals surface area contributed by atoms with Crippen LogP contribution < -0.4 is 5.32 Å². The van der Waals surface area contributed by atoms with Gasteiger partial charge in [0.2, 0.25) is 0 Å². The van der Waals surface area contributed by atoms with Crippen molar-refractivity contribution in [2.24, 2.45) is 13.0 Å². The Balaban J connectivity index is 1.99. The lowest BCUT2D eigenvalue weighted by molar-refractivity contribution is 0.347. The van der Waals surface area contributed by atoms with E-state index in [0.717, 1.165) is 18.0 Å². The van der Waals surface area contributed by atoms with Gasteiger partial charge >= 0.3 is 0 Å². The number of aryl methyl sites for hydroxylation is 1. The van der Waals surface area contributed by atoms with Gasteiger partial charge in [-0.05, 0) is 32.2 Å². The molecule has 1 fully saturated rings. The third-order valence-corrected chi connectivity index (χ3v) is 3.65. The van der Waals surface area contributed by atoms with E-state index >= 15 is 0 Å². The standard InChI is InChI=1S/C12H22N4/c1-13-12-7-5-3-4-6-10(12)8-11-9-16(2)15-14-11/h9-10,12-13H,3-8H2,1-2H3. The molecule has 2 rings (SSSR count). The minimum absolute atomic E-state index is 0.657. The van der Waals surface area contributed by atoms with E-state index in [1.54, 1.807) is 4.68 Å². The smallest absolute Gasteiger partial charge is 0.0830 e. The molecule has 0 aromatic carbocycles. The largest absolute Gasteiger partial charge is 0.317 e. The van der Waals surface area contributed by atoms with Crippen molar-refractivity contribution >= 4 is 0 Å². The van der Waals surface area contributed by atoms with Crippen LogP contribution >= 0.6 is 0 Å². The Morgan fingerprint density at radius 2 is 2.19 bits per heavy atom. The van der Waals surface area contributed by atoms with Gasteiger partial charge in [0.05, 0.1) is 5.69 Å². The molecule has 2 unspecified atom stereocenters. The predicted octanol–water partition coefficient (Wildman–Crippen LogP) is 1.53. The lowest BCUT2D eigenvalue weighted by atomic mass is 9.90. The molecule has 0 saturated heterocycles. The molecule has 1 heterocycles. The summed E-state index contributed by atoms with van der Waals surface area (Å²) in [4.78, 5) is 0. The summed E-state index contributed by atoms with van der Waals surface area (Å²) in [6, 6.07) is 0.657. The summed E-state index contributed by atoms with van der Waals surface area (Å²) < 4.78 is 1.79. The molecule has 0 spiro atoms. The SMILES string of the molecule is CNC1CCCCCC1Cc1cn(C)nn1. The van der Waals surface area contributed by atoms with Gasteiger partial charge in [-0.25, -0.2) is 0 Å². The van der Waals surface area contributed by atoms with E-state index in [4.69, 9.17) is 0 Å². The first-order valence-electron chi connectivity index (χ1n) is 6.32. The quantitative estimate of drug-likeness (QED) is 0.789. The van der Waals surface area contributed by atoms with Gasteiger partial charge in [-0.1, -0.05) is 24.5 Å². The first kappa shape index (κ1) is 11.6. The Morgan fingerprint density at radius 1 is 1.38 bits per heavy atom. The van der Waals surface area contributed by atoms with Crippen molar-refractivity contribution in [3.05, 3.63) is 11.9 Å². The van der Waals surface area contributed by atoms with Crippen molar-refractivity contribution in [2.75, 3.05) is 7.05 Å². The van der Waals surface area contributed by atoms with Crippen LogP contribution in [0.5, 0.6) is 0 Å². The fourth-order valence-corrected chi connectivity index (χ4v) is 2.77. The Kier molecular flexibility index (Phi) is 3.93. The van der Waals surface area contributed by atoms with Gasteiger partial charge in [0.25, 0.3) is 0 Å². The highest BCUT2D eigenvalue weighted by atomic mass is 15.4. The van der Waals surface area contributed by atoms with Crippen molar-refractivity contribution < 1.29 is 0 Å². The van der Waals surface area contributed by atoms with Gasteiger partial charge in [-0.15, -0.1) is 5.10 Å². The summed E-state index contributed by atoms with van der Waals surface area (Å²) >= 11 is 0. The summed E-state index contributed by atoms with van der Waals surface area (Å²) in [5, 5.41) is 11.7. The van der Waals surface area contributed by atoms with Crippen LogP contribution in [-0.2, 0) is 13.5 Å². The van der Waals surface area contributed by atoms with Crippen LogP contribution in [0.25, 0.3) is 0 Å². The molecule has 1 N–H and O–H groups in total. The van der Waals surface area contributed by atoms with Crippen molar-refractivity contribution in [2.45, 2.75) is 44.6 Å². The maximum absolute atomic E-state index is 4.19. The molecule has 0 bridgehead atoms. The highest BCUT2D eigenvalue weighted by molar-refractivity contribution is 4.96. The van der Waals surface area contributed by atoms with Crippen LogP contribution in [0, 0.1) is 5.92 Å². The summed E-state index contributed by atoms with van der Waals surface area (Å²) in [6.07, 6.45) is 9.85. The van der Waals surface area contributed by atoms with E-state index < -0.39 is 0 Å². The average Bonchev–Trinajstić information content (AvgIpc) is 2.56. The number of hydrogen-bond acceptors (Lipinski definition) is 3. The van der Waals surface area contributed by atoms with Crippen molar-refractivity contribution in [3.8, 4) is 0 Å². The van der Waals surface area contributed by atoms with Crippen LogP contribution in [0.1, 0.15) is 37.8 Å². The number of nitrogens with one attached hydrogen (secondary N) is 1. The molecular weight excluding hydrogens is 200 g/mol. The maximum Gasteiger partial charge on any atom is 0.0830 e. The van der Waals surface area contributed by atoms with Crippen molar-refractivity contribution in [1.82, 2.24) is 20.3 Å². The lowest BCUT2D eigenvalue weighted by Gasteiger charge is -2.23. The summed E-state index contributed by atoms with van der Waals surface area (Å²) in [5.74, 6) is 0.726. The normalized spacial score (nSPS) is 26.6. The summed E-state index contributed by atoms with van der Waals surface area (Å²) in [5.41, 5.74) is 1.13. The topological polar surface area (TPSA) is 42.7 Å². The third-order valence-electron chi connectivity index (χ3n) is 3.65. The molecule has 4 nitrogen and oxygen atoms in total. The molecule has 1 saturated carbocycles. The van der Waals surface area contributed by atoms with Gasteiger partial charge in [0, 0.05) is 19.3 Å². The minimum atomic E-state index is 0.657. The van der Waals surface area contributed by atoms with Crippen LogP contribution in [-0.4, -0.2) is 28.1 Å². The van der Waals surface area contributed by atoms with Crippen LogP contribution in [0.2, 0.25) is 0 Å². The summed E-state index contributed by atoms with van der Waals surface area (Å²) in [7, 11) is 4.01. The van der Waals surface area contributed by atoms with Gasteiger partial charge < -0.3 is 5.32 Å².